The number of aromatic carboxylic acids is 1. The zero-order valence-corrected chi connectivity index (χ0v) is 15.1. The van der Waals surface area contributed by atoms with Crippen molar-refractivity contribution in [3.8, 4) is 0 Å². The Labute approximate surface area is 165 Å². The van der Waals surface area contributed by atoms with E-state index in [0.717, 1.165) is 4.90 Å². The minimum atomic E-state index is -1.17. The molecule has 2 fully saturated rings. The number of imide groups is 1. The molecule has 0 radical (unpaired) electrons. The second kappa shape index (κ2) is 7.12. The van der Waals surface area contributed by atoms with Crippen LogP contribution in [0.5, 0.6) is 0 Å². The lowest BCUT2D eigenvalue weighted by Crippen LogP contribution is -2.40. The van der Waals surface area contributed by atoms with Crippen molar-refractivity contribution in [3.05, 3.63) is 65.7 Å². The van der Waals surface area contributed by atoms with Crippen molar-refractivity contribution in [2.45, 2.75) is 12.1 Å². The summed E-state index contributed by atoms with van der Waals surface area (Å²) in [6, 6.07) is 13.8. The normalized spacial score (nSPS) is 24.0. The largest absolute Gasteiger partial charge is 0.478 e. The van der Waals surface area contributed by atoms with Gasteiger partial charge in [0.2, 0.25) is 11.8 Å². The lowest BCUT2D eigenvalue weighted by atomic mass is 9.91. The smallest absolute Gasteiger partial charge is 0.335 e. The molecule has 2 aromatic carbocycles. The van der Waals surface area contributed by atoms with E-state index >= 15 is 0 Å². The van der Waals surface area contributed by atoms with Crippen LogP contribution >= 0.6 is 0 Å². The van der Waals surface area contributed by atoms with E-state index in [-0.39, 0.29) is 17.8 Å². The topological polar surface area (TPSA) is 130 Å². The Balaban J connectivity index is 1.73. The number of hydrogen-bond donors (Lipinski definition) is 2. The summed E-state index contributed by atoms with van der Waals surface area (Å²) in [6.07, 6.45) is -1.12. The molecule has 4 rings (SSSR count). The maximum Gasteiger partial charge on any atom is 0.335 e. The highest BCUT2D eigenvalue weighted by Gasteiger charge is 2.60. The van der Waals surface area contributed by atoms with Gasteiger partial charge in [-0.3, -0.25) is 19.2 Å². The van der Waals surface area contributed by atoms with Crippen LogP contribution in [0.3, 0.4) is 0 Å². The maximum absolute atomic E-state index is 13.2. The number of nitrogens with zero attached hydrogens (tertiary/aromatic N) is 2. The Morgan fingerprint density at radius 2 is 1.76 bits per heavy atom. The predicted molar refractivity (Wildman–Crippen MR) is 99.3 cm³/mol. The Hall–Kier alpha value is -3.56. The molecular formula is C20H17N3O6. The molecular weight excluding hydrogens is 378 g/mol. The van der Waals surface area contributed by atoms with Crippen LogP contribution in [0, 0.1) is 5.92 Å². The molecule has 2 aromatic rings. The molecule has 0 saturated carbocycles. The molecule has 0 spiro atoms. The molecule has 148 valence electrons. The molecule has 3 amide bonds. The summed E-state index contributed by atoms with van der Waals surface area (Å²) >= 11 is 0. The first-order valence-electron chi connectivity index (χ1n) is 8.86. The highest BCUT2D eigenvalue weighted by molar-refractivity contribution is 6.23. The first-order chi connectivity index (χ1) is 13.9. The van der Waals surface area contributed by atoms with Gasteiger partial charge in [-0.2, -0.15) is 5.06 Å². The third-order valence-electron chi connectivity index (χ3n) is 5.00. The summed E-state index contributed by atoms with van der Waals surface area (Å²) in [6.45, 7) is -0.276. The molecule has 9 nitrogen and oxygen atoms in total. The van der Waals surface area contributed by atoms with Crippen LogP contribution in [0.4, 0.5) is 5.69 Å². The number of carboxylic acids is 1. The zero-order valence-electron chi connectivity index (χ0n) is 15.1. The van der Waals surface area contributed by atoms with Crippen LogP contribution in [0.25, 0.3) is 0 Å². The summed E-state index contributed by atoms with van der Waals surface area (Å²) in [5, 5.41) is 10.5. The van der Waals surface area contributed by atoms with Gasteiger partial charge in [-0.05, 0) is 23.8 Å². The number of amides is 3. The third-order valence-corrected chi connectivity index (χ3v) is 5.00. The van der Waals surface area contributed by atoms with Gasteiger partial charge in [0, 0.05) is 0 Å². The van der Waals surface area contributed by atoms with Crippen LogP contribution in [-0.4, -0.2) is 46.5 Å². The number of anilines is 1. The number of carboxylic acid groups (broad SMARTS) is 1. The number of primary amides is 1. The number of rotatable bonds is 5. The number of hydrogen-bond acceptors (Lipinski definition) is 6. The van der Waals surface area contributed by atoms with E-state index in [0.29, 0.717) is 5.56 Å². The van der Waals surface area contributed by atoms with Gasteiger partial charge in [-0.1, -0.05) is 36.4 Å². The number of carbonyl (C=O) groups is 4. The minimum Gasteiger partial charge on any atom is -0.478 e. The lowest BCUT2D eigenvalue weighted by Gasteiger charge is -2.26. The first-order valence-corrected chi connectivity index (χ1v) is 8.86. The number of benzene rings is 2. The first kappa shape index (κ1) is 18.8. The fraction of sp³-hybridized carbons (Fsp3) is 0.200. The molecule has 2 aliphatic rings. The van der Waals surface area contributed by atoms with Crippen molar-refractivity contribution in [2.24, 2.45) is 11.7 Å². The van der Waals surface area contributed by atoms with Gasteiger partial charge in [0.1, 0.15) is 6.54 Å². The van der Waals surface area contributed by atoms with E-state index in [1.807, 2.05) is 0 Å². The van der Waals surface area contributed by atoms with Gasteiger partial charge < -0.3 is 10.8 Å². The average molecular weight is 395 g/mol. The molecule has 2 heterocycles. The fourth-order valence-corrected chi connectivity index (χ4v) is 3.82. The highest BCUT2D eigenvalue weighted by atomic mass is 16.7. The van der Waals surface area contributed by atoms with E-state index in [1.54, 1.807) is 30.3 Å². The molecule has 0 aromatic heterocycles. The Morgan fingerprint density at radius 3 is 2.41 bits per heavy atom. The SMILES string of the molecule is NC(=O)CN1OC2C(=O)N(c3cccc(C(=O)O)c3)C(=O)C2C1c1ccccc1. The monoisotopic (exact) mass is 395 g/mol. The molecule has 3 unspecified atom stereocenters. The summed E-state index contributed by atoms with van der Waals surface area (Å²) in [7, 11) is 0. The minimum absolute atomic E-state index is 0.0453. The molecule has 0 bridgehead atoms. The Kier molecular flexibility index (Phi) is 4.61. The van der Waals surface area contributed by atoms with Gasteiger partial charge in [0.05, 0.1) is 23.2 Å². The second-order valence-corrected chi connectivity index (χ2v) is 6.82. The van der Waals surface area contributed by atoms with E-state index in [9.17, 15) is 24.3 Å². The molecule has 2 aliphatic heterocycles. The molecule has 29 heavy (non-hydrogen) atoms. The predicted octanol–water partition coefficient (Wildman–Crippen LogP) is 0.717. The van der Waals surface area contributed by atoms with Crippen molar-refractivity contribution >= 4 is 29.4 Å². The Bertz CT molecular complexity index is 1010. The molecule has 0 aliphatic carbocycles. The number of fused-ring (bicyclic) bond motifs is 1. The van der Waals surface area contributed by atoms with E-state index in [4.69, 9.17) is 10.6 Å². The van der Waals surface area contributed by atoms with Gasteiger partial charge in [-0.15, -0.1) is 0 Å². The van der Waals surface area contributed by atoms with Crippen molar-refractivity contribution < 1.29 is 29.1 Å². The highest BCUT2D eigenvalue weighted by Crippen LogP contribution is 2.45. The summed E-state index contributed by atoms with van der Waals surface area (Å²) < 4.78 is 0. The molecule has 3 N–H and O–H groups in total. The van der Waals surface area contributed by atoms with E-state index < -0.39 is 41.8 Å². The summed E-state index contributed by atoms with van der Waals surface area (Å²) in [4.78, 5) is 55.5. The number of hydroxylamine groups is 2. The quantitative estimate of drug-likeness (QED) is 0.713. The van der Waals surface area contributed by atoms with Crippen molar-refractivity contribution in [3.63, 3.8) is 0 Å². The average Bonchev–Trinajstić information content (AvgIpc) is 3.17. The Morgan fingerprint density at radius 1 is 1.03 bits per heavy atom. The van der Waals surface area contributed by atoms with Crippen LogP contribution in [0.2, 0.25) is 0 Å². The molecule has 3 atom stereocenters. The van der Waals surface area contributed by atoms with Gasteiger partial charge in [0.25, 0.3) is 5.91 Å². The molecule has 9 heteroatoms. The van der Waals surface area contributed by atoms with Gasteiger partial charge in [-0.25, -0.2) is 9.69 Å². The van der Waals surface area contributed by atoms with Crippen molar-refractivity contribution in [1.29, 1.82) is 0 Å². The molecule has 2 saturated heterocycles. The zero-order chi connectivity index (χ0) is 20.7. The number of nitrogens with two attached hydrogens (primary N) is 1. The fourth-order valence-electron chi connectivity index (χ4n) is 3.82. The maximum atomic E-state index is 13.2. The second-order valence-electron chi connectivity index (χ2n) is 6.82. The number of carbonyl (C=O) groups excluding carboxylic acids is 3. The van der Waals surface area contributed by atoms with Gasteiger partial charge >= 0.3 is 5.97 Å². The van der Waals surface area contributed by atoms with Crippen molar-refractivity contribution in [1.82, 2.24) is 5.06 Å². The van der Waals surface area contributed by atoms with Gasteiger partial charge in [0.15, 0.2) is 6.10 Å². The van der Waals surface area contributed by atoms with Crippen LogP contribution in [-0.2, 0) is 19.2 Å². The summed E-state index contributed by atoms with van der Waals surface area (Å²) in [5.41, 5.74) is 6.11. The lowest BCUT2D eigenvalue weighted by molar-refractivity contribution is -0.175. The third kappa shape index (κ3) is 3.16. The van der Waals surface area contributed by atoms with Crippen LogP contribution in [0.1, 0.15) is 22.0 Å². The van der Waals surface area contributed by atoms with Crippen LogP contribution < -0.4 is 10.6 Å². The standard InChI is InChI=1S/C20H17N3O6/c21-14(24)10-22-16(11-5-2-1-3-6-11)15-17(29-22)19(26)23(18(15)25)13-8-4-7-12(9-13)20(27)28/h1-9,15-17H,10H2,(H2,21,24)(H,27,28). The van der Waals surface area contributed by atoms with Crippen molar-refractivity contribution in [2.75, 3.05) is 11.4 Å². The van der Waals surface area contributed by atoms with Crippen LogP contribution in [0.15, 0.2) is 54.6 Å². The van der Waals surface area contributed by atoms with E-state index in [2.05, 4.69) is 0 Å². The summed E-state index contributed by atoms with van der Waals surface area (Å²) in [5.74, 6) is -3.86. The van der Waals surface area contributed by atoms with E-state index in [1.165, 1.54) is 29.3 Å².